The number of aliphatic hydroxyl groups excluding tert-OH is 1. The van der Waals surface area contributed by atoms with E-state index in [2.05, 4.69) is 30.8 Å². The number of hydrogen-bond donors (Lipinski definition) is 5. The number of aryl methyl sites for hydroxylation is 4. The van der Waals surface area contributed by atoms with Crippen LogP contribution in [0, 0.1) is 19.8 Å². The molecule has 286 valence electrons. The third-order valence-corrected chi connectivity index (χ3v) is 9.29. The molecule has 7 rings (SSSR count). The second-order valence-electron chi connectivity index (χ2n) is 13.5. The van der Waals surface area contributed by atoms with Crippen molar-refractivity contribution in [3.05, 3.63) is 82.7 Å². The standard InChI is InChI=1S/C37H43N13O5/c1-5-49-27(13-20(3)45-49)34(53)43-36-41-24-17-26(33(39)52)40-18-29(24)47(36)11-7-8-12-48-31-25(15-23(32(38)51)16-30(31)55-19-22-9-10-22)42-37(48)44-35(54)28-14-21(4)46-50(28)6-2/h7-8,13-18,22,32,51H,5-6,9-12,19,38H2,1-4H3,(H2,39,52)(H,41,43,53)(H,42,44,54)/b8-7+. The van der Waals surface area contributed by atoms with Crippen LogP contribution in [-0.4, -0.2) is 73.1 Å². The summed E-state index contributed by atoms with van der Waals surface area (Å²) in [4.78, 5) is 52.6. The van der Waals surface area contributed by atoms with Gasteiger partial charge in [0.25, 0.3) is 17.7 Å². The van der Waals surface area contributed by atoms with E-state index in [1.54, 1.807) is 38.2 Å². The Morgan fingerprint density at radius 3 is 2.04 bits per heavy atom. The van der Waals surface area contributed by atoms with Gasteiger partial charge in [-0.1, -0.05) is 12.2 Å². The molecule has 55 heavy (non-hydrogen) atoms. The number of allylic oxidation sites excluding steroid dienone is 2. The number of primary amides is 1. The number of amides is 3. The molecule has 18 heteroatoms. The van der Waals surface area contributed by atoms with E-state index in [4.69, 9.17) is 21.2 Å². The monoisotopic (exact) mass is 749 g/mol. The number of nitrogens with one attached hydrogen (secondary N) is 2. The van der Waals surface area contributed by atoms with Gasteiger partial charge in [-0.25, -0.2) is 15.0 Å². The third kappa shape index (κ3) is 7.67. The van der Waals surface area contributed by atoms with E-state index >= 15 is 0 Å². The highest BCUT2D eigenvalue weighted by Gasteiger charge is 2.25. The lowest BCUT2D eigenvalue weighted by Gasteiger charge is -2.14. The van der Waals surface area contributed by atoms with E-state index in [0.29, 0.717) is 81.8 Å². The van der Waals surface area contributed by atoms with E-state index < -0.39 is 23.9 Å². The number of nitrogens with two attached hydrogens (primary N) is 2. The highest BCUT2D eigenvalue weighted by molar-refractivity contribution is 6.04. The maximum absolute atomic E-state index is 13.6. The number of aromatic nitrogens is 9. The SMILES string of the molecule is CCn1nc(C)cc1C(=O)Nc1nc2cc(C(N)=O)ncc2n1C/C=C/Cn1c(NC(=O)c2cc(C)nn2CC)nc2cc(C(N)O)cc(OCC3CC3)c21. The summed E-state index contributed by atoms with van der Waals surface area (Å²) in [5.41, 5.74) is 16.0. The Labute approximate surface area is 315 Å². The predicted molar refractivity (Wildman–Crippen MR) is 203 cm³/mol. The van der Waals surface area contributed by atoms with Crippen molar-refractivity contribution in [1.29, 1.82) is 0 Å². The number of fused-ring (bicyclic) bond motifs is 2. The molecule has 1 atom stereocenters. The van der Waals surface area contributed by atoms with Crippen LogP contribution in [0.2, 0.25) is 0 Å². The lowest BCUT2D eigenvalue weighted by molar-refractivity contribution is 0.0991. The van der Waals surface area contributed by atoms with Crippen molar-refractivity contribution in [2.24, 2.45) is 17.4 Å². The van der Waals surface area contributed by atoms with Crippen LogP contribution >= 0.6 is 0 Å². The Hall–Kier alpha value is -6.40. The fourth-order valence-corrected chi connectivity index (χ4v) is 6.37. The number of carbonyl (C=O) groups excluding carboxylic acids is 3. The first-order valence-corrected chi connectivity index (χ1v) is 18.1. The molecule has 0 saturated heterocycles. The summed E-state index contributed by atoms with van der Waals surface area (Å²) in [5.74, 6) is -0.118. The van der Waals surface area contributed by atoms with Gasteiger partial charge in [0, 0.05) is 31.7 Å². The van der Waals surface area contributed by atoms with Crippen LogP contribution in [0.3, 0.4) is 0 Å². The Bertz CT molecular complexity index is 2470. The average molecular weight is 750 g/mol. The fraction of sp³-hybridized carbons (Fsp3) is 0.351. The van der Waals surface area contributed by atoms with Crippen molar-refractivity contribution in [2.75, 3.05) is 17.2 Å². The van der Waals surface area contributed by atoms with Gasteiger partial charge in [0.15, 0.2) is 0 Å². The topological polar surface area (TPSA) is 241 Å². The first kappa shape index (κ1) is 36.9. The van der Waals surface area contributed by atoms with Gasteiger partial charge in [0.2, 0.25) is 11.9 Å². The van der Waals surface area contributed by atoms with Crippen LogP contribution in [-0.2, 0) is 26.2 Å². The van der Waals surface area contributed by atoms with Crippen LogP contribution in [0.25, 0.3) is 22.1 Å². The van der Waals surface area contributed by atoms with E-state index in [1.165, 1.54) is 12.3 Å². The van der Waals surface area contributed by atoms with E-state index in [-0.39, 0.29) is 30.7 Å². The lowest BCUT2D eigenvalue weighted by Crippen LogP contribution is -2.20. The van der Waals surface area contributed by atoms with Crippen molar-refractivity contribution in [1.82, 2.24) is 43.6 Å². The first-order valence-electron chi connectivity index (χ1n) is 18.1. The van der Waals surface area contributed by atoms with Gasteiger partial charge in [-0.3, -0.25) is 34.4 Å². The largest absolute Gasteiger partial charge is 0.491 e. The molecule has 1 fully saturated rings. The van der Waals surface area contributed by atoms with Crippen LogP contribution in [0.5, 0.6) is 5.75 Å². The fourth-order valence-electron chi connectivity index (χ4n) is 6.37. The van der Waals surface area contributed by atoms with Crippen LogP contribution in [0.4, 0.5) is 11.9 Å². The van der Waals surface area contributed by atoms with E-state index in [1.807, 2.05) is 44.4 Å². The van der Waals surface area contributed by atoms with E-state index in [0.717, 1.165) is 12.8 Å². The molecule has 6 aromatic rings. The van der Waals surface area contributed by atoms with Gasteiger partial charge < -0.3 is 30.4 Å². The number of aliphatic hydroxyl groups is 1. The smallest absolute Gasteiger partial charge is 0.276 e. The molecule has 0 spiro atoms. The number of hydrogen-bond acceptors (Lipinski definition) is 11. The van der Waals surface area contributed by atoms with Crippen molar-refractivity contribution in [3.63, 3.8) is 0 Å². The maximum atomic E-state index is 13.6. The molecule has 7 N–H and O–H groups in total. The number of pyridine rings is 1. The quantitative estimate of drug-likeness (QED) is 0.0753. The molecule has 1 aliphatic carbocycles. The number of benzene rings is 1. The minimum atomic E-state index is -1.27. The molecule has 1 aromatic carbocycles. The van der Waals surface area contributed by atoms with Crippen LogP contribution in [0.1, 0.15) is 81.3 Å². The summed E-state index contributed by atoms with van der Waals surface area (Å²) in [6.45, 7) is 9.37. The van der Waals surface area contributed by atoms with Crippen molar-refractivity contribution < 1.29 is 24.2 Å². The van der Waals surface area contributed by atoms with Crippen molar-refractivity contribution >= 4 is 51.7 Å². The molecule has 3 amide bonds. The normalized spacial score (nSPS) is 13.6. The van der Waals surface area contributed by atoms with Crippen molar-refractivity contribution in [2.45, 2.75) is 72.9 Å². The number of ether oxygens (including phenoxy) is 1. The summed E-state index contributed by atoms with van der Waals surface area (Å²) in [6, 6.07) is 8.25. The summed E-state index contributed by atoms with van der Waals surface area (Å²) < 4.78 is 13.1. The van der Waals surface area contributed by atoms with Crippen molar-refractivity contribution in [3.8, 4) is 5.75 Å². The first-order chi connectivity index (χ1) is 26.4. The average Bonchev–Trinajstić information content (AvgIpc) is 3.44. The van der Waals surface area contributed by atoms with Gasteiger partial charge in [-0.15, -0.1) is 0 Å². The zero-order valence-corrected chi connectivity index (χ0v) is 31.0. The van der Waals surface area contributed by atoms with Crippen LogP contribution < -0.4 is 26.8 Å². The van der Waals surface area contributed by atoms with Gasteiger partial charge >= 0.3 is 0 Å². The number of carbonyl (C=O) groups is 3. The third-order valence-electron chi connectivity index (χ3n) is 9.29. The number of nitrogens with zero attached hydrogens (tertiary/aromatic N) is 9. The zero-order valence-electron chi connectivity index (χ0n) is 31.0. The number of imidazole rings is 2. The summed E-state index contributed by atoms with van der Waals surface area (Å²) >= 11 is 0. The van der Waals surface area contributed by atoms with Gasteiger partial charge in [0.1, 0.15) is 34.6 Å². The zero-order chi connectivity index (χ0) is 39.0. The minimum Gasteiger partial charge on any atom is -0.491 e. The molecule has 0 radical (unpaired) electrons. The van der Waals surface area contributed by atoms with Gasteiger partial charge in [-0.2, -0.15) is 10.2 Å². The number of anilines is 2. The molecular formula is C37H43N13O5. The molecule has 5 heterocycles. The molecule has 5 aromatic heterocycles. The second-order valence-corrected chi connectivity index (χ2v) is 13.5. The van der Waals surface area contributed by atoms with Gasteiger partial charge in [-0.05, 0) is 76.8 Å². The second kappa shape index (κ2) is 15.2. The molecule has 18 nitrogen and oxygen atoms in total. The Morgan fingerprint density at radius 2 is 1.47 bits per heavy atom. The predicted octanol–water partition coefficient (Wildman–Crippen LogP) is 3.43. The Morgan fingerprint density at radius 1 is 0.891 bits per heavy atom. The summed E-state index contributed by atoms with van der Waals surface area (Å²) in [5, 5.41) is 25.0. The number of rotatable bonds is 15. The highest BCUT2D eigenvalue weighted by atomic mass is 16.5. The molecule has 1 aliphatic rings. The Kier molecular flexibility index (Phi) is 10.2. The molecule has 0 aliphatic heterocycles. The molecule has 0 bridgehead atoms. The Balaban J connectivity index is 1.24. The molecule has 1 saturated carbocycles. The highest BCUT2D eigenvalue weighted by Crippen LogP contribution is 2.35. The lowest BCUT2D eigenvalue weighted by atomic mass is 10.1. The van der Waals surface area contributed by atoms with E-state index in [9.17, 15) is 19.5 Å². The van der Waals surface area contributed by atoms with Gasteiger partial charge in [0.05, 0.1) is 40.7 Å². The maximum Gasteiger partial charge on any atom is 0.276 e. The van der Waals surface area contributed by atoms with Crippen LogP contribution in [0.15, 0.2) is 48.7 Å². The minimum absolute atomic E-state index is 0.0361. The molecule has 1 unspecified atom stereocenters. The summed E-state index contributed by atoms with van der Waals surface area (Å²) in [6.07, 6.45) is 6.11. The summed E-state index contributed by atoms with van der Waals surface area (Å²) in [7, 11) is 0. The molecular weight excluding hydrogens is 706 g/mol.